The summed E-state index contributed by atoms with van der Waals surface area (Å²) in [7, 11) is 0. The minimum atomic E-state index is -0.576. The lowest BCUT2D eigenvalue weighted by atomic mass is 9.87. The van der Waals surface area contributed by atoms with Gasteiger partial charge in [0.25, 0.3) is 0 Å². The van der Waals surface area contributed by atoms with Crippen LogP contribution in [0.2, 0.25) is 5.02 Å². The number of anilines is 1. The fraction of sp³-hybridized carbons (Fsp3) is 0.435. The molecule has 5 heteroatoms. The van der Waals surface area contributed by atoms with E-state index in [0.29, 0.717) is 5.02 Å². The summed E-state index contributed by atoms with van der Waals surface area (Å²) in [5.74, 6) is 0.265. The quantitative estimate of drug-likeness (QED) is 0.456. The Morgan fingerprint density at radius 3 is 2.54 bits per heavy atom. The van der Waals surface area contributed by atoms with Crippen LogP contribution in [0.4, 0.5) is 10.5 Å². The number of carbonyl (C=O) groups is 1. The van der Waals surface area contributed by atoms with Crippen LogP contribution in [-0.4, -0.2) is 11.7 Å². The van der Waals surface area contributed by atoms with Crippen LogP contribution in [0.3, 0.4) is 0 Å². The molecule has 1 amide bonds. The van der Waals surface area contributed by atoms with Crippen LogP contribution in [0.5, 0.6) is 0 Å². The zero-order chi connectivity index (χ0) is 20.6. The Labute approximate surface area is 181 Å². The van der Waals surface area contributed by atoms with E-state index in [1.54, 1.807) is 0 Å². The second-order valence-electron chi connectivity index (χ2n) is 8.58. The molecule has 3 nitrogen and oxygen atoms in total. The number of halogens is 2. The first-order valence-corrected chi connectivity index (χ1v) is 10.8. The molecule has 150 valence electrons. The maximum absolute atomic E-state index is 13.4. The highest BCUT2D eigenvalue weighted by atomic mass is 79.9. The van der Waals surface area contributed by atoms with Gasteiger partial charge in [0.2, 0.25) is 0 Å². The Kier molecular flexibility index (Phi) is 6.11. The third-order valence-electron chi connectivity index (χ3n) is 4.90. The highest BCUT2D eigenvalue weighted by molar-refractivity contribution is 9.10. The van der Waals surface area contributed by atoms with Gasteiger partial charge in [-0.15, -0.1) is 0 Å². The van der Waals surface area contributed by atoms with Crippen LogP contribution in [0.1, 0.15) is 69.7 Å². The topological polar surface area (TPSA) is 29.5 Å². The van der Waals surface area contributed by atoms with Gasteiger partial charge in [0.1, 0.15) is 5.60 Å². The summed E-state index contributed by atoms with van der Waals surface area (Å²) in [5.41, 5.74) is 3.63. The molecule has 0 fully saturated rings. The molecule has 1 atom stereocenters. The van der Waals surface area contributed by atoms with Crippen molar-refractivity contribution in [2.75, 3.05) is 4.90 Å². The van der Waals surface area contributed by atoms with Crippen molar-refractivity contribution < 1.29 is 9.53 Å². The molecule has 0 aliphatic carbocycles. The first-order valence-electron chi connectivity index (χ1n) is 9.67. The van der Waals surface area contributed by atoms with E-state index in [9.17, 15) is 4.79 Å². The summed E-state index contributed by atoms with van der Waals surface area (Å²) in [6.45, 7) is 9.98. The molecule has 1 unspecified atom stereocenters. The van der Waals surface area contributed by atoms with E-state index in [0.717, 1.165) is 39.7 Å². The monoisotopic (exact) mass is 463 g/mol. The predicted octanol–water partition coefficient (Wildman–Crippen LogP) is 7.65. The first-order chi connectivity index (χ1) is 13.1. The highest BCUT2D eigenvalue weighted by Gasteiger charge is 2.37. The van der Waals surface area contributed by atoms with Crippen molar-refractivity contribution in [3.8, 4) is 0 Å². The number of rotatable bonds is 2. The summed E-state index contributed by atoms with van der Waals surface area (Å²) < 4.78 is 6.86. The average molecular weight is 465 g/mol. The molecule has 0 N–H and O–H groups in total. The zero-order valence-corrected chi connectivity index (χ0v) is 19.4. The van der Waals surface area contributed by atoms with E-state index in [1.165, 1.54) is 0 Å². The molecule has 2 aromatic rings. The molecule has 0 spiro atoms. The van der Waals surface area contributed by atoms with Gasteiger partial charge < -0.3 is 4.74 Å². The van der Waals surface area contributed by atoms with E-state index < -0.39 is 5.60 Å². The highest BCUT2D eigenvalue weighted by Crippen LogP contribution is 2.46. The largest absolute Gasteiger partial charge is 0.443 e. The second-order valence-corrected chi connectivity index (χ2v) is 9.91. The van der Waals surface area contributed by atoms with Crippen molar-refractivity contribution >= 4 is 39.3 Å². The molecule has 1 aliphatic rings. The molecule has 0 saturated carbocycles. The molecular formula is C23H27BrClNO2. The van der Waals surface area contributed by atoms with Crippen LogP contribution in [0.15, 0.2) is 40.9 Å². The number of hydrogen-bond acceptors (Lipinski definition) is 2. The normalized spacial score (nSPS) is 16.9. The van der Waals surface area contributed by atoms with Gasteiger partial charge in [-0.25, -0.2) is 4.79 Å². The van der Waals surface area contributed by atoms with Crippen molar-refractivity contribution in [1.29, 1.82) is 0 Å². The molecular weight excluding hydrogens is 438 g/mol. The van der Waals surface area contributed by atoms with E-state index in [4.69, 9.17) is 16.3 Å². The lowest BCUT2D eigenvalue weighted by Gasteiger charge is -2.40. The van der Waals surface area contributed by atoms with Crippen LogP contribution in [0.25, 0.3) is 0 Å². The van der Waals surface area contributed by atoms with Crippen molar-refractivity contribution in [2.24, 2.45) is 0 Å². The third kappa shape index (κ3) is 4.38. The molecule has 0 saturated heterocycles. The maximum Gasteiger partial charge on any atom is 0.415 e. The number of aryl methyl sites for hydroxylation is 1. The number of fused-ring (bicyclic) bond motifs is 1. The lowest BCUT2D eigenvalue weighted by molar-refractivity contribution is 0.0559. The average Bonchev–Trinajstić information content (AvgIpc) is 2.59. The van der Waals surface area contributed by atoms with E-state index in [-0.39, 0.29) is 18.1 Å². The number of hydrogen-bond donors (Lipinski definition) is 0. The van der Waals surface area contributed by atoms with E-state index >= 15 is 0 Å². The number of ether oxygens (including phenoxy) is 1. The fourth-order valence-electron chi connectivity index (χ4n) is 3.75. The van der Waals surface area contributed by atoms with Crippen LogP contribution in [-0.2, 0) is 11.2 Å². The van der Waals surface area contributed by atoms with Gasteiger partial charge in [-0.3, -0.25) is 4.90 Å². The molecule has 28 heavy (non-hydrogen) atoms. The van der Waals surface area contributed by atoms with Gasteiger partial charge in [-0.1, -0.05) is 59.6 Å². The minimum absolute atomic E-state index is 0.158. The van der Waals surface area contributed by atoms with Gasteiger partial charge in [-0.2, -0.15) is 0 Å². The number of nitrogens with zero attached hydrogens (tertiary/aromatic N) is 1. The van der Waals surface area contributed by atoms with Gasteiger partial charge in [0, 0.05) is 9.50 Å². The fourth-order valence-corrected chi connectivity index (χ4v) is 4.53. The maximum atomic E-state index is 13.4. The number of carbonyl (C=O) groups excluding carboxylic acids is 1. The van der Waals surface area contributed by atoms with Crippen LogP contribution < -0.4 is 4.90 Å². The molecule has 0 radical (unpaired) electrons. The molecule has 0 bridgehead atoms. The summed E-state index contributed by atoms with van der Waals surface area (Å²) >= 11 is 10.2. The Morgan fingerprint density at radius 2 is 1.93 bits per heavy atom. The number of amides is 1. The van der Waals surface area contributed by atoms with Crippen LogP contribution >= 0.6 is 27.5 Å². The van der Waals surface area contributed by atoms with Gasteiger partial charge in [0.15, 0.2) is 0 Å². The van der Waals surface area contributed by atoms with Gasteiger partial charge in [0.05, 0.1) is 11.7 Å². The van der Waals surface area contributed by atoms with E-state index in [1.807, 2.05) is 49.9 Å². The smallest absolute Gasteiger partial charge is 0.415 e. The van der Waals surface area contributed by atoms with Gasteiger partial charge >= 0.3 is 6.09 Å². The first kappa shape index (κ1) is 21.2. The van der Waals surface area contributed by atoms with Crippen molar-refractivity contribution in [1.82, 2.24) is 0 Å². The van der Waals surface area contributed by atoms with Crippen molar-refractivity contribution in [3.63, 3.8) is 0 Å². The summed E-state index contributed by atoms with van der Waals surface area (Å²) in [4.78, 5) is 15.2. The number of benzene rings is 2. The SMILES string of the molecule is CC(C)c1cc(Br)cc2c1N(C(=O)OC(C)(C)C)C(c1ccccc1Cl)CC2. The predicted molar refractivity (Wildman–Crippen MR) is 119 cm³/mol. The standard InChI is InChI=1S/C23H27BrClNO2/c1-14(2)18-13-16(24)12-15-10-11-20(17-8-6-7-9-19(17)25)26(21(15)18)22(27)28-23(3,4)5/h6-9,12-14,20H,10-11H2,1-5H3. The van der Waals surface area contributed by atoms with Crippen molar-refractivity contribution in [3.05, 3.63) is 62.6 Å². The Hall–Kier alpha value is -1.52. The molecule has 1 aliphatic heterocycles. The Balaban J connectivity index is 2.20. The second kappa shape index (κ2) is 8.08. The minimum Gasteiger partial charge on any atom is -0.443 e. The molecule has 0 aromatic heterocycles. The summed E-state index contributed by atoms with van der Waals surface area (Å²) in [6, 6.07) is 11.8. The molecule has 3 rings (SSSR count). The Bertz CT molecular complexity index is 889. The van der Waals surface area contributed by atoms with E-state index in [2.05, 4.69) is 41.9 Å². The zero-order valence-electron chi connectivity index (χ0n) is 17.1. The van der Waals surface area contributed by atoms with Crippen LogP contribution in [0, 0.1) is 0 Å². The third-order valence-corrected chi connectivity index (χ3v) is 5.70. The summed E-state index contributed by atoms with van der Waals surface area (Å²) in [5, 5.41) is 0.674. The lowest BCUT2D eigenvalue weighted by Crippen LogP contribution is -2.42. The molecule has 1 heterocycles. The Morgan fingerprint density at radius 1 is 1.25 bits per heavy atom. The van der Waals surface area contributed by atoms with Crippen molar-refractivity contribution in [2.45, 2.75) is 65.0 Å². The summed E-state index contributed by atoms with van der Waals surface area (Å²) in [6.07, 6.45) is 1.34. The molecule has 2 aromatic carbocycles. The van der Waals surface area contributed by atoms with Gasteiger partial charge in [-0.05, 0) is 74.4 Å².